The molecule has 0 amide bonds. The summed E-state index contributed by atoms with van der Waals surface area (Å²) in [5.41, 5.74) is 22.7. The summed E-state index contributed by atoms with van der Waals surface area (Å²) in [6, 6.07) is 86.6. The number of anilines is 6. The van der Waals surface area contributed by atoms with Crippen LogP contribution in [-0.4, -0.2) is 123 Å². The molecule has 23 heterocycles. The van der Waals surface area contributed by atoms with Crippen molar-refractivity contribution in [2.45, 2.75) is 50.5 Å². The number of methoxy groups -OCH3 is 2. The maximum absolute atomic E-state index is 10.7. The van der Waals surface area contributed by atoms with Gasteiger partial charge in [0, 0.05) is 176 Å². The number of aromatic nitrogens is 7. The molecule has 760 valence electrons. The largest absolute Gasteiger partial charge is 0.201 e. The van der Waals surface area contributed by atoms with Crippen molar-refractivity contribution in [3.05, 3.63) is 360 Å². The maximum Gasteiger partial charge on any atom is 0.173 e. The quantitative estimate of drug-likeness (QED) is 0.0239. The maximum atomic E-state index is 9.87. The van der Waals surface area contributed by atoms with Crippen molar-refractivity contribution < 1.29 is 152 Å². The van der Waals surface area contributed by atoms with Crippen molar-refractivity contribution in [1.82, 2.24) is 15.0 Å². The summed E-state index contributed by atoms with van der Waals surface area (Å²) in [4.78, 5) is 6.68. The van der Waals surface area contributed by atoms with Crippen molar-refractivity contribution >= 4 is 65.4 Å². The molecule has 13 aromatic rings. The molecule has 12 bridgehead atoms. The van der Waals surface area contributed by atoms with Gasteiger partial charge in [-0.15, -0.1) is 5.10 Å². The third-order valence-electron chi connectivity index (χ3n) is 21.5. The van der Waals surface area contributed by atoms with Crippen LogP contribution in [0.15, 0.2) is 298 Å². The second-order valence-corrected chi connectivity index (χ2v) is 40.1. The monoisotopic (exact) mass is 2070 g/mol. The molecule has 18 aliphatic rings. The molecular weight excluding hydrogens is 1970 g/mol. The van der Waals surface area contributed by atoms with Crippen molar-refractivity contribution in [3.8, 4) is 22.3 Å². The van der Waals surface area contributed by atoms with Crippen LogP contribution in [0.2, 0.25) is 0 Å². The summed E-state index contributed by atoms with van der Waals surface area (Å²) in [5, 5.41) is 11.9. The van der Waals surface area contributed by atoms with E-state index in [0.29, 0.717) is 79.2 Å². The number of hydrogen-bond acceptors (Lipinski definition) is 13. The van der Waals surface area contributed by atoms with E-state index in [1.807, 2.05) is 6.20 Å². The number of rotatable bonds is 26. The molecule has 0 radical (unpaired) electrons. The van der Waals surface area contributed by atoms with E-state index in [1.165, 1.54) is 44.5 Å². The molecule has 0 saturated carbocycles. The number of halogens is 24. The number of pyridine rings is 4. The minimum atomic E-state index is -10.7. The van der Waals surface area contributed by atoms with E-state index in [1.54, 1.807) is 18.9 Å². The molecular formula is C94H99F24N11O7P4. The van der Waals surface area contributed by atoms with Crippen molar-refractivity contribution in [1.29, 1.82) is 0 Å². The van der Waals surface area contributed by atoms with E-state index in [-0.39, 0.29) is 0 Å². The number of hydrogen-bond donors (Lipinski definition) is 1. The summed E-state index contributed by atoms with van der Waals surface area (Å²) in [6.45, 7) is 10.4. The van der Waals surface area contributed by atoms with Crippen molar-refractivity contribution in [3.63, 3.8) is 0 Å². The van der Waals surface area contributed by atoms with Crippen LogP contribution >= 0.6 is 31.2 Å². The van der Waals surface area contributed by atoms with Crippen LogP contribution in [0.3, 0.4) is 0 Å². The van der Waals surface area contributed by atoms with Gasteiger partial charge in [-0.2, -0.15) is 0 Å². The fourth-order valence-corrected chi connectivity index (χ4v) is 15.4. The van der Waals surface area contributed by atoms with Gasteiger partial charge >= 0.3 is 132 Å². The average Bonchev–Trinajstić information content (AvgIpc) is 0.747. The smallest absolute Gasteiger partial charge is 0.173 e. The zero-order valence-electron chi connectivity index (χ0n) is 75.5. The third kappa shape index (κ3) is 36.8. The van der Waals surface area contributed by atoms with Crippen LogP contribution in [0.4, 0.5) is 135 Å². The Morgan fingerprint density at radius 3 is 0.914 bits per heavy atom. The average molecular weight is 2070 g/mol. The first-order chi connectivity index (χ1) is 64.9. The Hall–Kier alpha value is -11.5. The standard InChI is InChI=1S/C58H67N7O7.C36H32N4.4F6P/c1-62(48-28-24-45(25-29-48)58(67-5)51-16-8-12-20-55(51)64(3)56-21-13-9-17-52(56)58)31-34-69-37-38-70-35-32-65-42-47(60-61-65)43-72-41-40-71-39-36-68-33-30-59-46-26-22-44(23-27-46)57(66-4)49-14-6-10-18-53(49)63(2)54-19-11-7-15-50(54)57;1-2-30-4-3-29(1)25-37-17-9-33(10-18-37)35-13-21-39(22-14-35)27-31-5-7-32(8-6-31)28-40-23-15-36(16-24-40)34-11-19-38(26-30)20-12-34;4*1-7(2,3,4,5)6/h6-29,42,59H,30-41,43H2,1-5H3;1-24H,25-28H2;;;;/q;+4;4*-1. The van der Waals surface area contributed by atoms with Crippen LogP contribution in [0.25, 0.3) is 22.3 Å². The van der Waals surface area contributed by atoms with E-state index < -0.39 is 42.4 Å². The Morgan fingerprint density at radius 2 is 0.607 bits per heavy atom. The molecule has 140 heavy (non-hydrogen) atoms. The number of likely N-dealkylation sites (N-methyl/N-ethyl adjacent to an activating group) is 1. The van der Waals surface area contributed by atoms with E-state index in [4.69, 9.17) is 33.2 Å². The normalized spacial score (nSPS) is 15.5. The fourth-order valence-electron chi connectivity index (χ4n) is 15.4. The number of ether oxygens (including phenoxy) is 7. The van der Waals surface area contributed by atoms with Crippen LogP contribution in [0.5, 0.6) is 0 Å². The first-order valence-electron chi connectivity index (χ1n) is 42.7. The van der Waals surface area contributed by atoms with Crippen LogP contribution in [-0.2, 0) is 83.7 Å². The molecule has 0 saturated heterocycles. The molecule has 18 nitrogen and oxygen atoms in total. The first-order valence-corrected chi connectivity index (χ1v) is 50.8. The summed E-state index contributed by atoms with van der Waals surface area (Å²) in [5.74, 6) is 0. The van der Waals surface area contributed by atoms with Crippen LogP contribution < -0.4 is 38.3 Å². The summed E-state index contributed by atoms with van der Waals surface area (Å²) in [7, 11) is -32.7. The molecule has 8 aromatic carbocycles. The van der Waals surface area contributed by atoms with Gasteiger partial charge in [-0.1, -0.05) is 151 Å². The zero-order chi connectivity index (χ0) is 102. The Balaban J connectivity index is 0.000000227. The second kappa shape index (κ2) is 40.8. The number of nitrogens with zero attached hydrogens (tertiary/aromatic N) is 10. The molecule has 1 N–H and O–H groups in total. The summed E-state index contributed by atoms with van der Waals surface area (Å²) in [6.07, 6.45) is 19.2. The third-order valence-corrected chi connectivity index (χ3v) is 21.5. The molecule has 0 aliphatic carbocycles. The molecule has 0 fully saturated rings. The van der Waals surface area contributed by atoms with E-state index >= 15 is 0 Å². The van der Waals surface area contributed by atoms with Gasteiger partial charge in [-0.3, -0.25) is 0 Å². The predicted molar refractivity (Wildman–Crippen MR) is 491 cm³/mol. The Kier molecular flexibility index (Phi) is 31.7. The van der Waals surface area contributed by atoms with E-state index in [2.05, 4.69) is 362 Å². The van der Waals surface area contributed by atoms with Crippen LogP contribution in [0.1, 0.15) is 61.3 Å². The Labute approximate surface area is 789 Å². The molecule has 46 heteroatoms. The molecule has 31 rings (SSSR count). The van der Waals surface area contributed by atoms with Gasteiger partial charge in [-0.25, -0.2) is 23.0 Å². The van der Waals surface area contributed by atoms with Gasteiger partial charge in [0.25, 0.3) is 0 Å². The second-order valence-electron chi connectivity index (χ2n) is 32.4. The van der Waals surface area contributed by atoms with Gasteiger partial charge in [0.15, 0.2) is 75.8 Å². The van der Waals surface area contributed by atoms with Gasteiger partial charge in [0.05, 0.1) is 78.8 Å². The molecule has 0 spiro atoms. The Morgan fingerprint density at radius 1 is 0.336 bits per heavy atom. The topological polar surface area (TPSA) is 133 Å². The zero-order valence-corrected chi connectivity index (χ0v) is 79.1. The van der Waals surface area contributed by atoms with Crippen molar-refractivity contribution in [2.75, 3.05) is 128 Å². The fraction of sp³-hybridized carbons (Fsp3) is 0.255. The van der Waals surface area contributed by atoms with Crippen molar-refractivity contribution in [2.24, 2.45) is 0 Å². The predicted octanol–water partition coefficient (Wildman–Crippen LogP) is 27.4. The first kappa shape index (κ1) is 109. The minimum Gasteiger partial charge on any atom is -0.201 e. The summed E-state index contributed by atoms with van der Waals surface area (Å²) < 4.78 is 289. The SMILES string of the molecule is COC1(c2ccc(NCCOCCOCCOCc3cn(CCOCCOCCN(C)c4ccc(C5(OC)c6ccccc6N(C)c6ccccc65)cc4)nn3)cc2)c2ccccc2N(C)c2ccccc21.F[P-](F)(F)(F)(F)F.F[P-](F)(F)(F)(F)F.F[P-](F)(F)(F)(F)F.F[P-](F)(F)(F)(F)F.c1cc2ccc1C[n+]1ccc(cc1)-c1cc[n+](cc1)Cc1ccc(cc1)C[n+]1ccc(cc1)-c1cc[n+](cc1)C2. The number of nitrogens with one attached hydrogen (secondary N) is 1. The van der Waals surface area contributed by atoms with E-state index in [0.717, 1.165) is 106 Å². The molecule has 0 unspecified atom stereocenters. The Bertz CT molecular complexity index is 5780. The molecule has 18 aliphatic heterocycles. The molecule has 5 aromatic heterocycles. The molecule has 0 atom stereocenters. The van der Waals surface area contributed by atoms with Gasteiger partial charge in [0.2, 0.25) is 0 Å². The van der Waals surface area contributed by atoms with Gasteiger partial charge in [0.1, 0.15) is 16.9 Å². The number of para-hydroxylation sites is 4. The van der Waals surface area contributed by atoms with Gasteiger partial charge < -0.3 is 53.2 Å². The minimum absolute atomic E-state index is 0.360. The van der Waals surface area contributed by atoms with Gasteiger partial charge in [-0.05, 0) is 81.9 Å². The number of benzene rings is 8. The van der Waals surface area contributed by atoms with E-state index in [9.17, 15) is 101 Å². The summed E-state index contributed by atoms with van der Waals surface area (Å²) >= 11 is 0. The number of fused-ring (bicyclic) bond motifs is 4. The van der Waals surface area contributed by atoms with Crippen LogP contribution in [0, 0.1) is 0 Å².